The van der Waals surface area contributed by atoms with Gasteiger partial charge >= 0.3 is 6.18 Å². The van der Waals surface area contributed by atoms with Crippen molar-refractivity contribution < 1.29 is 31.9 Å². The van der Waals surface area contributed by atoms with Gasteiger partial charge in [0.05, 0.1) is 24.9 Å². The Kier molecular flexibility index (Phi) is 6.06. The van der Waals surface area contributed by atoms with E-state index in [1.165, 1.54) is 25.3 Å². The van der Waals surface area contributed by atoms with Crippen LogP contribution in [-0.4, -0.2) is 25.3 Å². The van der Waals surface area contributed by atoms with E-state index in [9.17, 15) is 22.8 Å². The fourth-order valence-electron chi connectivity index (χ4n) is 3.70. The van der Waals surface area contributed by atoms with Crippen LogP contribution < -0.4 is 9.64 Å². The highest BCUT2D eigenvalue weighted by Gasteiger charge is 2.55. The van der Waals surface area contributed by atoms with E-state index in [-0.39, 0.29) is 39.9 Å². The van der Waals surface area contributed by atoms with Crippen LogP contribution in [0.4, 0.5) is 23.2 Å². The fourth-order valence-corrected chi connectivity index (χ4v) is 3.87. The Labute approximate surface area is 181 Å². The molecule has 0 bridgehead atoms. The van der Waals surface area contributed by atoms with Crippen LogP contribution in [0.15, 0.2) is 36.4 Å². The van der Waals surface area contributed by atoms with E-state index in [4.69, 9.17) is 16.3 Å². The molecule has 0 aliphatic carbocycles. The number of fused-ring (bicyclic) bond motifs is 1. The van der Waals surface area contributed by atoms with Gasteiger partial charge in [0.2, 0.25) is 5.67 Å². The lowest BCUT2D eigenvalue weighted by Gasteiger charge is -2.23. The van der Waals surface area contributed by atoms with Gasteiger partial charge in [0.1, 0.15) is 5.75 Å². The second kappa shape index (κ2) is 8.15. The molecule has 1 aliphatic rings. The first-order valence-electron chi connectivity index (χ1n) is 9.48. The molecule has 0 saturated carbocycles. The molecule has 0 fully saturated rings. The Balaban J connectivity index is 2.21. The summed E-state index contributed by atoms with van der Waals surface area (Å²) in [4.78, 5) is 26.4. The van der Waals surface area contributed by atoms with Crippen LogP contribution in [0.25, 0.3) is 0 Å². The van der Waals surface area contributed by atoms with E-state index in [0.29, 0.717) is 12.1 Å². The molecule has 2 aromatic rings. The van der Waals surface area contributed by atoms with Gasteiger partial charge in [0.25, 0.3) is 5.91 Å². The second-order valence-electron chi connectivity index (χ2n) is 7.76. The number of alkyl halides is 4. The lowest BCUT2D eigenvalue weighted by Crippen LogP contribution is -2.41. The van der Waals surface area contributed by atoms with E-state index in [0.717, 1.165) is 11.0 Å². The third-order valence-electron chi connectivity index (χ3n) is 5.03. The summed E-state index contributed by atoms with van der Waals surface area (Å²) >= 11 is 6.00. The number of Topliss-reactive ketones (excluding diaryl/α,β-unsaturated/α-hetero) is 1. The van der Waals surface area contributed by atoms with Gasteiger partial charge in [-0.2, -0.15) is 13.2 Å². The molecular formula is C22H20ClF4NO3. The zero-order valence-electron chi connectivity index (χ0n) is 17.0. The van der Waals surface area contributed by atoms with Crippen molar-refractivity contribution in [3.8, 4) is 5.75 Å². The number of nitrogens with zero attached hydrogens (tertiary/aromatic N) is 1. The molecule has 3 rings (SSSR count). The standard InChI is InChI=1S/C22H20ClF4NO3/c1-12(2)8-15(29)11-28-18-9-13(22(25,26)27)4-6-16(18)21(24,20(28)30)17-10-14(23)5-7-19(17)31-3/h4-7,9-10,12H,8,11H2,1-3H3. The van der Waals surface area contributed by atoms with Gasteiger partial charge in [-0.15, -0.1) is 0 Å². The molecule has 0 N–H and O–H groups in total. The van der Waals surface area contributed by atoms with Gasteiger partial charge in [0.15, 0.2) is 5.78 Å². The first-order valence-corrected chi connectivity index (χ1v) is 9.85. The van der Waals surface area contributed by atoms with Crippen LogP contribution in [0.2, 0.25) is 5.02 Å². The van der Waals surface area contributed by atoms with Crippen molar-refractivity contribution in [2.24, 2.45) is 5.92 Å². The number of benzene rings is 2. The van der Waals surface area contributed by atoms with Crippen molar-refractivity contribution in [1.82, 2.24) is 0 Å². The topological polar surface area (TPSA) is 46.6 Å². The van der Waals surface area contributed by atoms with Gasteiger partial charge in [-0.1, -0.05) is 31.5 Å². The van der Waals surface area contributed by atoms with Crippen molar-refractivity contribution >= 4 is 29.0 Å². The summed E-state index contributed by atoms with van der Waals surface area (Å²) < 4.78 is 61.6. The third kappa shape index (κ3) is 4.13. The summed E-state index contributed by atoms with van der Waals surface area (Å²) in [6.07, 6.45) is -4.61. The molecule has 0 saturated heterocycles. The molecule has 31 heavy (non-hydrogen) atoms. The minimum absolute atomic E-state index is 0.00135. The minimum atomic E-state index is -4.71. The van der Waals surface area contributed by atoms with Crippen molar-refractivity contribution in [2.75, 3.05) is 18.6 Å². The molecule has 0 aromatic heterocycles. The van der Waals surface area contributed by atoms with Crippen molar-refractivity contribution in [2.45, 2.75) is 32.1 Å². The van der Waals surface area contributed by atoms with Crippen LogP contribution in [0.1, 0.15) is 37.0 Å². The van der Waals surface area contributed by atoms with E-state index < -0.39 is 35.6 Å². The summed E-state index contributed by atoms with van der Waals surface area (Å²) in [5, 5.41) is 0.114. The maximum absolute atomic E-state index is 16.5. The second-order valence-corrected chi connectivity index (χ2v) is 8.20. The molecule has 4 nitrogen and oxygen atoms in total. The first-order chi connectivity index (χ1) is 14.4. The van der Waals surface area contributed by atoms with Crippen LogP contribution in [0.5, 0.6) is 5.75 Å². The van der Waals surface area contributed by atoms with Crippen molar-refractivity contribution in [3.05, 3.63) is 58.1 Å². The Hall–Kier alpha value is -2.61. The highest BCUT2D eigenvalue weighted by Crippen LogP contribution is 2.51. The number of anilines is 1. The third-order valence-corrected chi connectivity index (χ3v) is 5.26. The molecule has 1 heterocycles. The number of carbonyl (C=O) groups excluding carboxylic acids is 2. The molecule has 1 unspecified atom stereocenters. The Morgan fingerprint density at radius 2 is 1.84 bits per heavy atom. The van der Waals surface area contributed by atoms with Crippen molar-refractivity contribution in [1.29, 1.82) is 0 Å². The van der Waals surface area contributed by atoms with E-state index in [1.54, 1.807) is 13.8 Å². The quantitative estimate of drug-likeness (QED) is 0.535. The van der Waals surface area contributed by atoms with Crippen LogP contribution in [0, 0.1) is 5.92 Å². The maximum Gasteiger partial charge on any atom is 0.416 e. The number of halogens is 5. The number of hydrogen-bond donors (Lipinski definition) is 0. The monoisotopic (exact) mass is 457 g/mol. The zero-order valence-corrected chi connectivity index (χ0v) is 17.8. The summed E-state index contributed by atoms with van der Waals surface area (Å²) in [5.74, 6) is -1.59. The largest absolute Gasteiger partial charge is 0.496 e. The molecule has 9 heteroatoms. The average molecular weight is 458 g/mol. The van der Waals surface area contributed by atoms with E-state index >= 15 is 4.39 Å². The van der Waals surface area contributed by atoms with Gasteiger partial charge in [0, 0.05) is 22.6 Å². The Morgan fingerprint density at radius 3 is 2.42 bits per heavy atom. The number of hydrogen-bond acceptors (Lipinski definition) is 3. The normalized spacial score (nSPS) is 18.5. The van der Waals surface area contributed by atoms with E-state index in [2.05, 4.69) is 0 Å². The van der Waals surface area contributed by atoms with Gasteiger partial charge < -0.3 is 9.64 Å². The number of amides is 1. The summed E-state index contributed by atoms with van der Waals surface area (Å²) in [6, 6.07) is 6.31. The maximum atomic E-state index is 16.5. The number of carbonyl (C=O) groups is 2. The summed E-state index contributed by atoms with van der Waals surface area (Å²) in [5.41, 5.74) is -4.77. The molecule has 0 spiro atoms. The predicted octanol–water partition coefficient (Wildman–Crippen LogP) is 5.54. The van der Waals surface area contributed by atoms with Crippen LogP contribution in [0.3, 0.4) is 0 Å². The number of rotatable bonds is 6. The molecule has 166 valence electrons. The van der Waals surface area contributed by atoms with Gasteiger partial charge in [-0.3, -0.25) is 9.59 Å². The Bertz CT molecular complexity index is 1040. The molecule has 1 atom stereocenters. The van der Waals surface area contributed by atoms with Gasteiger partial charge in [-0.05, 0) is 36.2 Å². The zero-order chi connectivity index (χ0) is 23.1. The summed E-state index contributed by atoms with van der Waals surface area (Å²) in [6.45, 7) is 3.03. The molecule has 2 aromatic carbocycles. The van der Waals surface area contributed by atoms with Crippen LogP contribution >= 0.6 is 11.6 Å². The number of ether oxygens (including phenoxy) is 1. The molecular weight excluding hydrogens is 438 g/mol. The van der Waals surface area contributed by atoms with E-state index in [1.807, 2.05) is 0 Å². The van der Waals surface area contributed by atoms with Crippen molar-refractivity contribution in [3.63, 3.8) is 0 Å². The molecule has 1 aliphatic heterocycles. The van der Waals surface area contributed by atoms with Crippen LogP contribution in [-0.2, 0) is 21.4 Å². The summed E-state index contributed by atoms with van der Waals surface area (Å²) in [7, 11) is 1.27. The molecule has 0 radical (unpaired) electrons. The SMILES string of the molecule is COc1ccc(Cl)cc1C1(F)C(=O)N(CC(=O)CC(C)C)c2cc(C(F)(F)F)ccc21. The Morgan fingerprint density at radius 1 is 1.16 bits per heavy atom. The fraction of sp³-hybridized carbons (Fsp3) is 0.364. The lowest BCUT2D eigenvalue weighted by atomic mass is 9.88. The average Bonchev–Trinajstić information content (AvgIpc) is 2.89. The predicted molar refractivity (Wildman–Crippen MR) is 108 cm³/mol. The number of methoxy groups -OCH3 is 1. The minimum Gasteiger partial charge on any atom is -0.496 e. The lowest BCUT2D eigenvalue weighted by molar-refractivity contribution is -0.137. The first kappa shape index (κ1) is 23.1. The highest BCUT2D eigenvalue weighted by molar-refractivity contribution is 6.30. The molecule has 1 amide bonds. The number of ketones is 1. The smallest absolute Gasteiger partial charge is 0.416 e. The van der Waals surface area contributed by atoms with Gasteiger partial charge in [-0.25, -0.2) is 4.39 Å². The highest BCUT2D eigenvalue weighted by atomic mass is 35.5.